The fourth-order valence-electron chi connectivity index (χ4n) is 2.48. The lowest BCUT2D eigenvalue weighted by atomic mass is 10.0. The molecule has 20 heavy (non-hydrogen) atoms. The fraction of sp³-hybridized carbons (Fsp3) is 0.562. The highest BCUT2D eigenvalue weighted by molar-refractivity contribution is 6.30. The molecule has 0 aliphatic heterocycles. The van der Waals surface area contributed by atoms with Crippen molar-refractivity contribution in [3.05, 3.63) is 34.9 Å². The highest BCUT2D eigenvalue weighted by Crippen LogP contribution is 2.15. The quantitative estimate of drug-likeness (QED) is 0.792. The molecule has 0 aromatic heterocycles. The normalized spacial score (nSPS) is 12.9. The van der Waals surface area contributed by atoms with Crippen molar-refractivity contribution >= 4 is 17.6 Å². The van der Waals surface area contributed by atoms with Crippen LogP contribution in [0.15, 0.2) is 24.3 Å². The number of aliphatic carboxylic acids is 1. The van der Waals surface area contributed by atoms with E-state index in [0.717, 1.165) is 18.0 Å². The first-order valence-corrected chi connectivity index (χ1v) is 7.50. The van der Waals surface area contributed by atoms with Crippen LogP contribution in [0.5, 0.6) is 0 Å². The van der Waals surface area contributed by atoms with E-state index in [0.29, 0.717) is 18.5 Å². The Morgan fingerprint density at radius 2 is 1.85 bits per heavy atom. The van der Waals surface area contributed by atoms with E-state index in [4.69, 9.17) is 16.7 Å². The first-order chi connectivity index (χ1) is 9.40. The molecule has 1 aromatic rings. The summed E-state index contributed by atoms with van der Waals surface area (Å²) < 4.78 is 0. The predicted octanol–water partition coefficient (Wildman–Crippen LogP) is 3.85. The molecule has 1 atom stereocenters. The van der Waals surface area contributed by atoms with Crippen molar-refractivity contribution in [3.8, 4) is 0 Å². The minimum absolute atomic E-state index is 0.233. The van der Waals surface area contributed by atoms with E-state index in [2.05, 4.69) is 37.8 Å². The lowest BCUT2D eigenvalue weighted by molar-refractivity contribution is -0.137. The Hall–Kier alpha value is -1.06. The summed E-state index contributed by atoms with van der Waals surface area (Å²) in [6, 6.07) is 8.71. The predicted molar refractivity (Wildman–Crippen MR) is 83.3 cm³/mol. The van der Waals surface area contributed by atoms with Gasteiger partial charge in [0, 0.05) is 23.5 Å². The summed E-state index contributed by atoms with van der Waals surface area (Å²) in [6.07, 6.45) is 1.87. The van der Waals surface area contributed by atoms with E-state index in [1.54, 1.807) is 0 Å². The summed E-state index contributed by atoms with van der Waals surface area (Å²) in [5.41, 5.74) is 1.26. The molecule has 0 spiro atoms. The molecule has 0 amide bonds. The molecule has 1 aromatic carbocycles. The van der Waals surface area contributed by atoms with Gasteiger partial charge in [-0.3, -0.25) is 9.69 Å². The van der Waals surface area contributed by atoms with Crippen molar-refractivity contribution in [3.63, 3.8) is 0 Å². The van der Waals surface area contributed by atoms with Gasteiger partial charge in [0.15, 0.2) is 0 Å². The number of halogens is 1. The molecular formula is C16H24ClNO2. The van der Waals surface area contributed by atoms with Gasteiger partial charge < -0.3 is 5.11 Å². The number of carboxylic acid groups (broad SMARTS) is 1. The SMILES string of the molecule is CC(C)N(CCCC(=O)O)C(C)Cc1ccc(Cl)cc1. The molecule has 0 aliphatic rings. The molecule has 0 aliphatic carbocycles. The van der Waals surface area contributed by atoms with Crippen LogP contribution in [-0.4, -0.2) is 34.6 Å². The third-order valence-corrected chi connectivity index (χ3v) is 3.73. The number of carbonyl (C=O) groups is 1. The van der Waals surface area contributed by atoms with E-state index in [9.17, 15) is 4.79 Å². The summed E-state index contributed by atoms with van der Waals surface area (Å²) in [5.74, 6) is -0.723. The molecular weight excluding hydrogens is 274 g/mol. The highest BCUT2D eigenvalue weighted by Gasteiger charge is 2.17. The summed E-state index contributed by atoms with van der Waals surface area (Å²) >= 11 is 5.89. The first kappa shape index (κ1) is 17.0. The van der Waals surface area contributed by atoms with Gasteiger partial charge in [0.25, 0.3) is 0 Å². The van der Waals surface area contributed by atoms with Gasteiger partial charge in [0.05, 0.1) is 0 Å². The van der Waals surface area contributed by atoms with E-state index in [1.807, 2.05) is 12.1 Å². The molecule has 0 heterocycles. The molecule has 1 rings (SSSR count). The average molecular weight is 298 g/mol. The third kappa shape index (κ3) is 5.93. The van der Waals surface area contributed by atoms with Gasteiger partial charge in [-0.05, 0) is 57.9 Å². The summed E-state index contributed by atoms with van der Waals surface area (Å²) in [5, 5.41) is 9.49. The van der Waals surface area contributed by atoms with Crippen LogP contribution in [0.25, 0.3) is 0 Å². The van der Waals surface area contributed by atoms with E-state index in [-0.39, 0.29) is 6.42 Å². The van der Waals surface area contributed by atoms with E-state index < -0.39 is 5.97 Å². The van der Waals surface area contributed by atoms with Crippen molar-refractivity contribution in [2.24, 2.45) is 0 Å². The van der Waals surface area contributed by atoms with Crippen LogP contribution in [0.2, 0.25) is 5.02 Å². The number of hydrogen-bond acceptors (Lipinski definition) is 2. The maximum atomic E-state index is 10.6. The van der Waals surface area contributed by atoms with Crippen LogP contribution in [-0.2, 0) is 11.2 Å². The highest BCUT2D eigenvalue weighted by atomic mass is 35.5. The maximum Gasteiger partial charge on any atom is 0.303 e. The van der Waals surface area contributed by atoms with Crippen molar-refractivity contribution in [2.75, 3.05) is 6.54 Å². The monoisotopic (exact) mass is 297 g/mol. The lowest BCUT2D eigenvalue weighted by Crippen LogP contribution is -2.40. The summed E-state index contributed by atoms with van der Waals surface area (Å²) in [7, 11) is 0. The fourth-order valence-corrected chi connectivity index (χ4v) is 2.61. The van der Waals surface area contributed by atoms with Crippen molar-refractivity contribution in [1.29, 1.82) is 0 Å². The van der Waals surface area contributed by atoms with Gasteiger partial charge in [-0.25, -0.2) is 0 Å². The molecule has 0 fully saturated rings. The van der Waals surface area contributed by atoms with Crippen molar-refractivity contribution in [2.45, 2.75) is 52.1 Å². The number of nitrogens with zero attached hydrogens (tertiary/aromatic N) is 1. The number of carboxylic acids is 1. The Bertz CT molecular complexity index is 417. The Morgan fingerprint density at radius 3 is 2.35 bits per heavy atom. The van der Waals surface area contributed by atoms with Crippen molar-refractivity contribution < 1.29 is 9.90 Å². The zero-order valence-electron chi connectivity index (χ0n) is 12.5. The number of benzene rings is 1. The number of hydrogen-bond donors (Lipinski definition) is 1. The molecule has 1 unspecified atom stereocenters. The lowest BCUT2D eigenvalue weighted by Gasteiger charge is -2.32. The Morgan fingerprint density at radius 1 is 1.25 bits per heavy atom. The molecule has 3 nitrogen and oxygen atoms in total. The second kappa shape index (κ2) is 8.28. The maximum absolute atomic E-state index is 10.6. The van der Waals surface area contributed by atoms with Crippen LogP contribution in [0.3, 0.4) is 0 Å². The number of rotatable bonds is 8. The molecule has 0 saturated heterocycles. The van der Waals surface area contributed by atoms with Crippen LogP contribution >= 0.6 is 11.6 Å². The molecule has 0 radical (unpaired) electrons. The van der Waals surface area contributed by atoms with Gasteiger partial charge in [0.2, 0.25) is 0 Å². The van der Waals surface area contributed by atoms with Gasteiger partial charge in [0.1, 0.15) is 0 Å². The second-order valence-electron chi connectivity index (χ2n) is 5.51. The Balaban J connectivity index is 2.57. The van der Waals surface area contributed by atoms with Gasteiger partial charge >= 0.3 is 5.97 Å². The van der Waals surface area contributed by atoms with Crippen molar-refractivity contribution in [1.82, 2.24) is 4.90 Å². The van der Waals surface area contributed by atoms with Crippen LogP contribution < -0.4 is 0 Å². The molecule has 1 N–H and O–H groups in total. The molecule has 0 saturated carbocycles. The summed E-state index contributed by atoms with van der Waals surface area (Å²) in [4.78, 5) is 13.0. The second-order valence-corrected chi connectivity index (χ2v) is 5.94. The minimum atomic E-state index is -0.723. The smallest absolute Gasteiger partial charge is 0.303 e. The minimum Gasteiger partial charge on any atom is -0.481 e. The zero-order chi connectivity index (χ0) is 15.1. The van der Waals surface area contributed by atoms with Crippen LogP contribution in [0.1, 0.15) is 39.2 Å². The topological polar surface area (TPSA) is 40.5 Å². The largest absolute Gasteiger partial charge is 0.481 e. The molecule has 112 valence electrons. The van der Waals surface area contributed by atoms with E-state index in [1.165, 1.54) is 5.56 Å². The zero-order valence-corrected chi connectivity index (χ0v) is 13.2. The Labute approximate surface area is 126 Å². The molecule has 0 bridgehead atoms. The average Bonchev–Trinajstić information content (AvgIpc) is 2.36. The van der Waals surface area contributed by atoms with E-state index >= 15 is 0 Å². The van der Waals surface area contributed by atoms with Crippen LogP contribution in [0, 0.1) is 0 Å². The standard InChI is InChI=1S/C16H24ClNO2/c1-12(2)18(10-4-5-16(19)20)13(3)11-14-6-8-15(17)9-7-14/h6-9,12-13H,4-5,10-11H2,1-3H3,(H,19,20). The first-order valence-electron chi connectivity index (χ1n) is 7.12. The third-order valence-electron chi connectivity index (χ3n) is 3.48. The Kier molecular flexibility index (Phi) is 7.03. The van der Waals surface area contributed by atoms with Crippen LogP contribution in [0.4, 0.5) is 0 Å². The van der Waals surface area contributed by atoms with Gasteiger partial charge in [-0.1, -0.05) is 23.7 Å². The summed E-state index contributed by atoms with van der Waals surface area (Å²) in [6.45, 7) is 7.31. The molecule has 4 heteroatoms. The van der Waals surface area contributed by atoms with Gasteiger partial charge in [-0.2, -0.15) is 0 Å². The van der Waals surface area contributed by atoms with Gasteiger partial charge in [-0.15, -0.1) is 0 Å².